The van der Waals surface area contributed by atoms with Crippen LogP contribution < -0.4 is 0 Å². The summed E-state index contributed by atoms with van der Waals surface area (Å²) in [6, 6.07) is 7.52. The fourth-order valence-electron chi connectivity index (χ4n) is 2.31. The highest BCUT2D eigenvalue weighted by Gasteiger charge is 2.17. The number of benzene rings is 1. The van der Waals surface area contributed by atoms with Crippen LogP contribution in [-0.4, -0.2) is 17.9 Å². The molecule has 0 bridgehead atoms. The van der Waals surface area contributed by atoms with E-state index in [9.17, 15) is 9.59 Å². The molecule has 0 saturated carbocycles. The molecule has 0 fully saturated rings. The predicted molar refractivity (Wildman–Crippen MR) is 89.1 cm³/mol. The highest BCUT2D eigenvalue weighted by Crippen LogP contribution is 2.12. The summed E-state index contributed by atoms with van der Waals surface area (Å²) in [5.74, 6) is -0.446. The highest BCUT2D eigenvalue weighted by atomic mass is 16.5. The third-order valence-electron chi connectivity index (χ3n) is 3.74. The molecule has 0 heterocycles. The van der Waals surface area contributed by atoms with Gasteiger partial charge in [0.2, 0.25) is 0 Å². The van der Waals surface area contributed by atoms with Crippen molar-refractivity contribution in [3.8, 4) is 0 Å². The Labute approximate surface area is 134 Å². The number of carbonyl (C=O) groups is 2. The Balaban J connectivity index is 2.48. The molecule has 1 unspecified atom stereocenters. The topological polar surface area (TPSA) is 43.4 Å². The summed E-state index contributed by atoms with van der Waals surface area (Å²) in [6.45, 7) is 5.77. The van der Waals surface area contributed by atoms with Gasteiger partial charge in [-0.25, -0.2) is 4.79 Å². The molecular weight excluding hydrogens is 276 g/mol. The SMILES string of the molecule is CCCCCCc1ccc(C(=O)OC(C)C(=O)CCC)cc1. The van der Waals surface area contributed by atoms with Crippen molar-refractivity contribution in [3.63, 3.8) is 0 Å². The van der Waals surface area contributed by atoms with E-state index in [2.05, 4.69) is 6.92 Å². The summed E-state index contributed by atoms with van der Waals surface area (Å²) in [7, 11) is 0. The number of Topliss-reactive ketones (excluding diaryl/α,β-unsaturated/α-hetero) is 1. The lowest BCUT2D eigenvalue weighted by Crippen LogP contribution is -2.24. The third kappa shape index (κ3) is 6.42. The van der Waals surface area contributed by atoms with Gasteiger partial charge in [-0.05, 0) is 43.9 Å². The van der Waals surface area contributed by atoms with Crippen LogP contribution >= 0.6 is 0 Å². The Morgan fingerprint density at radius 3 is 2.27 bits per heavy atom. The van der Waals surface area contributed by atoms with Gasteiger partial charge in [-0.3, -0.25) is 4.79 Å². The van der Waals surface area contributed by atoms with Crippen molar-refractivity contribution in [1.29, 1.82) is 0 Å². The molecule has 3 nitrogen and oxygen atoms in total. The van der Waals surface area contributed by atoms with E-state index in [1.165, 1.54) is 31.2 Å². The number of unbranched alkanes of at least 4 members (excludes halogenated alkanes) is 3. The second-order valence-corrected chi connectivity index (χ2v) is 5.77. The smallest absolute Gasteiger partial charge is 0.338 e. The van der Waals surface area contributed by atoms with Gasteiger partial charge < -0.3 is 4.74 Å². The Morgan fingerprint density at radius 2 is 1.68 bits per heavy atom. The molecule has 1 rings (SSSR count). The Kier molecular flexibility index (Phi) is 8.49. The van der Waals surface area contributed by atoms with E-state index in [1.807, 2.05) is 19.1 Å². The molecule has 0 aromatic heterocycles. The second kappa shape index (κ2) is 10.1. The van der Waals surface area contributed by atoms with Gasteiger partial charge in [0.1, 0.15) is 0 Å². The largest absolute Gasteiger partial charge is 0.451 e. The molecular formula is C19H28O3. The number of hydrogen-bond donors (Lipinski definition) is 0. The summed E-state index contributed by atoms with van der Waals surface area (Å²) in [5, 5.41) is 0. The molecule has 0 spiro atoms. The predicted octanol–water partition coefficient (Wildman–Crippen LogP) is 4.72. The third-order valence-corrected chi connectivity index (χ3v) is 3.74. The van der Waals surface area contributed by atoms with Crippen LogP contribution in [0.15, 0.2) is 24.3 Å². The van der Waals surface area contributed by atoms with Crippen molar-refractivity contribution in [1.82, 2.24) is 0 Å². The minimum Gasteiger partial charge on any atom is -0.451 e. The number of ether oxygens (including phenoxy) is 1. The highest BCUT2D eigenvalue weighted by molar-refractivity contribution is 5.92. The summed E-state index contributed by atoms with van der Waals surface area (Å²) >= 11 is 0. The molecule has 0 N–H and O–H groups in total. The molecule has 3 heteroatoms. The van der Waals surface area contributed by atoms with Crippen LogP contribution in [0.3, 0.4) is 0 Å². The maximum Gasteiger partial charge on any atom is 0.338 e. The lowest BCUT2D eigenvalue weighted by Gasteiger charge is -2.12. The van der Waals surface area contributed by atoms with Crippen LogP contribution in [0, 0.1) is 0 Å². The molecule has 1 atom stereocenters. The van der Waals surface area contributed by atoms with E-state index >= 15 is 0 Å². The van der Waals surface area contributed by atoms with Gasteiger partial charge in [-0.2, -0.15) is 0 Å². The normalized spacial score (nSPS) is 12.0. The molecule has 0 amide bonds. The average molecular weight is 304 g/mol. The van der Waals surface area contributed by atoms with Crippen LogP contribution in [0.25, 0.3) is 0 Å². The Hall–Kier alpha value is -1.64. The number of aryl methyl sites for hydroxylation is 1. The van der Waals surface area contributed by atoms with Crippen LogP contribution in [0.1, 0.15) is 75.2 Å². The summed E-state index contributed by atoms with van der Waals surface area (Å²) in [5.41, 5.74) is 1.75. The molecule has 0 aliphatic heterocycles. The van der Waals surface area contributed by atoms with Crippen molar-refractivity contribution in [2.45, 2.75) is 71.8 Å². The molecule has 122 valence electrons. The molecule has 0 aliphatic rings. The first-order valence-electron chi connectivity index (χ1n) is 8.41. The van der Waals surface area contributed by atoms with Gasteiger partial charge in [0.25, 0.3) is 0 Å². The van der Waals surface area contributed by atoms with Crippen LogP contribution in [0.2, 0.25) is 0 Å². The monoisotopic (exact) mass is 304 g/mol. The first kappa shape index (κ1) is 18.4. The molecule has 22 heavy (non-hydrogen) atoms. The number of ketones is 1. The fourth-order valence-corrected chi connectivity index (χ4v) is 2.31. The number of rotatable bonds is 10. The van der Waals surface area contributed by atoms with Crippen LogP contribution in [-0.2, 0) is 16.0 Å². The lowest BCUT2D eigenvalue weighted by molar-refractivity contribution is -0.126. The number of hydrogen-bond acceptors (Lipinski definition) is 3. The second-order valence-electron chi connectivity index (χ2n) is 5.77. The molecule has 1 aromatic rings. The zero-order chi connectivity index (χ0) is 16.4. The molecule has 0 saturated heterocycles. The Bertz CT molecular complexity index is 462. The lowest BCUT2D eigenvalue weighted by atomic mass is 10.0. The maximum absolute atomic E-state index is 12.0. The minimum atomic E-state index is -0.666. The van der Waals surface area contributed by atoms with E-state index in [0.717, 1.165) is 12.8 Å². The first-order valence-corrected chi connectivity index (χ1v) is 8.41. The van der Waals surface area contributed by atoms with Gasteiger partial charge in [-0.15, -0.1) is 0 Å². The van der Waals surface area contributed by atoms with Gasteiger partial charge in [0, 0.05) is 6.42 Å². The molecule has 1 aromatic carbocycles. The van der Waals surface area contributed by atoms with E-state index in [-0.39, 0.29) is 5.78 Å². The van der Waals surface area contributed by atoms with Crippen molar-refractivity contribution < 1.29 is 14.3 Å². The fraction of sp³-hybridized carbons (Fsp3) is 0.579. The van der Waals surface area contributed by atoms with Gasteiger partial charge in [0.05, 0.1) is 5.56 Å². The molecule has 0 aliphatic carbocycles. The van der Waals surface area contributed by atoms with Crippen LogP contribution in [0.5, 0.6) is 0 Å². The van der Waals surface area contributed by atoms with Crippen molar-refractivity contribution in [2.24, 2.45) is 0 Å². The zero-order valence-electron chi connectivity index (χ0n) is 14.1. The number of carbonyl (C=O) groups excluding carboxylic acids is 2. The number of esters is 1. The summed E-state index contributed by atoms with van der Waals surface area (Å²) < 4.78 is 5.22. The van der Waals surface area contributed by atoms with Crippen LogP contribution in [0.4, 0.5) is 0 Å². The van der Waals surface area contributed by atoms with Gasteiger partial charge >= 0.3 is 5.97 Å². The first-order chi connectivity index (χ1) is 10.6. The summed E-state index contributed by atoms with van der Waals surface area (Å²) in [4.78, 5) is 23.7. The Morgan fingerprint density at radius 1 is 1.00 bits per heavy atom. The zero-order valence-corrected chi connectivity index (χ0v) is 14.1. The quantitative estimate of drug-likeness (QED) is 0.464. The average Bonchev–Trinajstić information content (AvgIpc) is 2.52. The summed E-state index contributed by atoms with van der Waals surface area (Å²) in [6.07, 6.45) is 6.53. The molecule has 0 radical (unpaired) electrons. The maximum atomic E-state index is 12.0. The van der Waals surface area contributed by atoms with Crippen molar-refractivity contribution in [3.05, 3.63) is 35.4 Å². The van der Waals surface area contributed by atoms with Gasteiger partial charge in [0.15, 0.2) is 11.9 Å². The van der Waals surface area contributed by atoms with E-state index in [1.54, 1.807) is 19.1 Å². The van der Waals surface area contributed by atoms with E-state index in [0.29, 0.717) is 12.0 Å². The van der Waals surface area contributed by atoms with Crippen molar-refractivity contribution >= 4 is 11.8 Å². The van der Waals surface area contributed by atoms with E-state index in [4.69, 9.17) is 4.74 Å². The van der Waals surface area contributed by atoms with Gasteiger partial charge in [-0.1, -0.05) is 45.2 Å². The minimum absolute atomic E-state index is 0.0246. The van der Waals surface area contributed by atoms with E-state index < -0.39 is 12.1 Å². The van der Waals surface area contributed by atoms with Crippen molar-refractivity contribution in [2.75, 3.05) is 0 Å². The standard InChI is InChI=1S/C19H28O3/c1-4-6-7-8-10-16-11-13-17(14-12-16)19(21)22-15(3)18(20)9-5-2/h11-15H,4-10H2,1-3H3.